The zero-order chi connectivity index (χ0) is 15.5. The minimum atomic E-state index is -1.49. The lowest BCUT2D eigenvalue weighted by molar-refractivity contribution is -0.414. The standard InChI is InChI=1S/C14H17FN4O2/c1-18-9-14(15,10-18)13(11-5-3-2-4-6-11)17-8-12(7-16)19(20)21/h2-8,13,16-17H,9-10H2,1H3/b12-8+,16-7?. The molecule has 1 aromatic carbocycles. The van der Waals surface area contributed by atoms with Gasteiger partial charge in [0, 0.05) is 13.1 Å². The Hall–Kier alpha value is -2.28. The van der Waals surface area contributed by atoms with Gasteiger partial charge in [0.2, 0.25) is 0 Å². The number of nitrogens with zero attached hydrogens (tertiary/aromatic N) is 2. The maximum absolute atomic E-state index is 14.9. The second-order valence-electron chi connectivity index (χ2n) is 5.19. The van der Waals surface area contributed by atoms with E-state index in [2.05, 4.69) is 5.32 Å². The van der Waals surface area contributed by atoms with Crippen molar-refractivity contribution in [3.8, 4) is 0 Å². The van der Waals surface area contributed by atoms with Crippen molar-refractivity contribution in [2.24, 2.45) is 0 Å². The first-order valence-electron chi connectivity index (χ1n) is 6.50. The third-order valence-corrected chi connectivity index (χ3v) is 3.47. The minimum absolute atomic E-state index is 0.256. The van der Waals surface area contributed by atoms with E-state index < -0.39 is 22.3 Å². The van der Waals surface area contributed by atoms with Crippen molar-refractivity contribution in [3.05, 3.63) is 57.9 Å². The van der Waals surface area contributed by atoms with E-state index in [0.717, 1.165) is 11.8 Å². The fourth-order valence-corrected chi connectivity index (χ4v) is 2.54. The number of rotatable bonds is 6. The summed E-state index contributed by atoms with van der Waals surface area (Å²) in [4.78, 5) is 11.9. The second kappa shape index (κ2) is 6.01. The molecule has 112 valence electrons. The molecule has 0 radical (unpaired) electrons. The van der Waals surface area contributed by atoms with Gasteiger partial charge in [-0.1, -0.05) is 30.3 Å². The Kier molecular flexibility index (Phi) is 4.32. The molecular formula is C14H17FN4O2. The van der Waals surface area contributed by atoms with E-state index in [9.17, 15) is 14.5 Å². The molecule has 21 heavy (non-hydrogen) atoms. The molecule has 0 amide bonds. The monoisotopic (exact) mass is 292 g/mol. The Morgan fingerprint density at radius 3 is 2.62 bits per heavy atom. The summed E-state index contributed by atoms with van der Waals surface area (Å²) in [5, 5.41) is 20.5. The Balaban J connectivity index is 2.25. The maximum atomic E-state index is 14.9. The molecule has 1 fully saturated rings. The number of nitrogens with one attached hydrogen (secondary N) is 2. The van der Waals surface area contributed by atoms with E-state index in [4.69, 9.17) is 5.41 Å². The van der Waals surface area contributed by atoms with Gasteiger partial charge in [-0.05, 0) is 12.6 Å². The van der Waals surface area contributed by atoms with Gasteiger partial charge in [-0.25, -0.2) is 4.39 Å². The first-order valence-corrected chi connectivity index (χ1v) is 6.50. The van der Waals surface area contributed by atoms with E-state index in [1.807, 2.05) is 18.0 Å². The quantitative estimate of drug-likeness (QED) is 0.475. The smallest absolute Gasteiger partial charge is 0.302 e. The number of likely N-dealkylation sites (tertiary alicyclic amines) is 1. The van der Waals surface area contributed by atoms with Gasteiger partial charge in [-0.3, -0.25) is 15.0 Å². The summed E-state index contributed by atoms with van der Waals surface area (Å²) in [5.41, 5.74) is -1.18. The molecule has 0 aromatic heterocycles. The summed E-state index contributed by atoms with van der Waals surface area (Å²) in [6.45, 7) is 0.511. The fourth-order valence-electron chi connectivity index (χ4n) is 2.54. The highest BCUT2D eigenvalue weighted by Crippen LogP contribution is 2.37. The lowest BCUT2D eigenvalue weighted by Crippen LogP contribution is -2.62. The Morgan fingerprint density at radius 1 is 1.52 bits per heavy atom. The first-order chi connectivity index (χ1) is 9.96. The second-order valence-corrected chi connectivity index (χ2v) is 5.19. The molecule has 2 N–H and O–H groups in total. The third kappa shape index (κ3) is 3.25. The molecule has 0 bridgehead atoms. The molecule has 0 aliphatic carbocycles. The molecule has 0 saturated carbocycles. The van der Waals surface area contributed by atoms with Crippen LogP contribution in [0.4, 0.5) is 4.39 Å². The van der Waals surface area contributed by atoms with Gasteiger partial charge in [-0.15, -0.1) is 0 Å². The molecule has 1 atom stereocenters. The number of nitro groups is 1. The first kappa shape index (κ1) is 15.1. The van der Waals surface area contributed by atoms with E-state index in [-0.39, 0.29) is 13.1 Å². The van der Waals surface area contributed by atoms with Crippen molar-refractivity contribution in [2.45, 2.75) is 11.7 Å². The van der Waals surface area contributed by atoms with Crippen LogP contribution < -0.4 is 5.32 Å². The summed E-state index contributed by atoms with van der Waals surface area (Å²) in [5.74, 6) is 0. The van der Waals surface area contributed by atoms with Gasteiger partial charge in [0.25, 0.3) is 0 Å². The number of hydrogen-bond acceptors (Lipinski definition) is 5. The van der Waals surface area contributed by atoms with E-state index in [1.54, 1.807) is 24.3 Å². The molecule has 2 rings (SSSR count). The Labute approximate surface area is 121 Å². The van der Waals surface area contributed by atoms with Crippen LogP contribution in [-0.4, -0.2) is 41.8 Å². The summed E-state index contributed by atoms with van der Waals surface area (Å²) in [6, 6.07) is 8.29. The van der Waals surface area contributed by atoms with Gasteiger partial charge >= 0.3 is 5.70 Å². The van der Waals surface area contributed by atoms with Gasteiger partial charge < -0.3 is 10.7 Å². The molecule has 1 aliphatic rings. The Bertz CT molecular complexity index is 555. The molecule has 1 aliphatic heterocycles. The van der Waals surface area contributed by atoms with Crippen LogP contribution in [0.2, 0.25) is 0 Å². The van der Waals surface area contributed by atoms with Gasteiger partial charge in [-0.2, -0.15) is 0 Å². The molecular weight excluding hydrogens is 275 g/mol. The van der Waals surface area contributed by atoms with Crippen molar-refractivity contribution in [3.63, 3.8) is 0 Å². The largest absolute Gasteiger partial charge is 0.375 e. The summed E-state index contributed by atoms with van der Waals surface area (Å²) >= 11 is 0. The number of hydrogen-bond donors (Lipinski definition) is 2. The zero-order valence-corrected chi connectivity index (χ0v) is 11.6. The molecule has 1 heterocycles. The average Bonchev–Trinajstić information content (AvgIpc) is 2.42. The molecule has 7 heteroatoms. The normalized spacial score (nSPS) is 19.4. The SMILES string of the molecule is CN1CC(F)(C(N/C=C(\C=N)[N+](=O)[O-])c2ccccc2)C1. The minimum Gasteiger partial charge on any atom is -0.375 e. The Morgan fingerprint density at radius 2 is 2.14 bits per heavy atom. The fraction of sp³-hybridized carbons (Fsp3) is 0.357. The highest BCUT2D eigenvalue weighted by Gasteiger charge is 2.48. The average molecular weight is 292 g/mol. The van der Waals surface area contributed by atoms with Crippen molar-refractivity contribution < 1.29 is 9.31 Å². The van der Waals surface area contributed by atoms with Crippen molar-refractivity contribution in [1.82, 2.24) is 10.2 Å². The summed E-state index contributed by atoms with van der Waals surface area (Å²) in [7, 11) is 1.82. The van der Waals surface area contributed by atoms with Gasteiger partial charge in [0.15, 0.2) is 5.67 Å². The van der Waals surface area contributed by atoms with Crippen LogP contribution in [0.3, 0.4) is 0 Å². The number of allylic oxidation sites excluding steroid dienone is 1. The van der Waals surface area contributed by atoms with Crippen molar-refractivity contribution in [1.29, 1.82) is 5.41 Å². The van der Waals surface area contributed by atoms with Gasteiger partial charge in [0.05, 0.1) is 23.4 Å². The van der Waals surface area contributed by atoms with Crippen LogP contribution in [-0.2, 0) is 0 Å². The summed E-state index contributed by atoms with van der Waals surface area (Å²) in [6.07, 6.45) is 1.72. The maximum Gasteiger partial charge on any atom is 0.302 e. The van der Waals surface area contributed by atoms with Crippen LogP contribution in [0.25, 0.3) is 0 Å². The molecule has 0 spiro atoms. The number of alkyl halides is 1. The number of benzene rings is 1. The highest BCUT2D eigenvalue weighted by molar-refractivity contribution is 5.71. The summed E-state index contributed by atoms with van der Waals surface area (Å²) < 4.78 is 14.9. The molecule has 1 unspecified atom stereocenters. The highest BCUT2D eigenvalue weighted by atomic mass is 19.1. The lowest BCUT2D eigenvalue weighted by atomic mass is 9.84. The van der Waals surface area contributed by atoms with Crippen LogP contribution in [0.1, 0.15) is 11.6 Å². The predicted octanol–water partition coefficient (Wildman–Crippen LogP) is 1.74. The molecule has 1 saturated heterocycles. The van der Waals surface area contributed by atoms with Crippen LogP contribution in [0.5, 0.6) is 0 Å². The van der Waals surface area contributed by atoms with Crippen LogP contribution >= 0.6 is 0 Å². The number of halogens is 1. The van der Waals surface area contributed by atoms with Crippen molar-refractivity contribution in [2.75, 3.05) is 20.1 Å². The van der Waals surface area contributed by atoms with Crippen molar-refractivity contribution >= 4 is 6.21 Å². The predicted molar refractivity (Wildman–Crippen MR) is 77.5 cm³/mol. The van der Waals surface area contributed by atoms with E-state index in [0.29, 0.717) is 6.21 Å². The lowest BCUT2D eigenvalue weighted by Gasteiger charge is -2.47. The molecule has 1 aromatic rings. The molecule has 6 nitrogen and oxygen atoms in total. The van der Waals surface area contributed by atoms with E-state index >= 15 is 0 Å². The van der Waals surface area contributed by atoms with Crippen LogP contribution in [0, 0.1) is 15.5 Å². The third-order valence-electron chi connectivity index (χ3n) is 3.47. The van der Waals surface area contributed by atoms with E-state index in [1.165, 1.54) is 0 Å². The zero-order valence-electron chi connectivity index (χ0n) is 11.6. The topological polar surface area (TPSA) is 82.3 Å². The van der Waals surface area contributed by atoms with Gasteiger partial charge in [0.1, 0.15) is 0 Å². The van der Waals surface area contributed by atoms with Crippen LogP contribution in [0.15, 0.2) is 42.2 Å².